The fourth-order valence-corrected chi connectivity index (χ4v) is 2.17. The summed E-state index contributed by atoms with van der Waals surface area (Å²) in [6, 6.07) is 15.0. The van der Waals surface area contributed by atoms with Crippen LogP contribution in [0.4, 0.5) is 17.1 Å². The number of anilines is 3. The van der Waals surface area contributed by atoms with Gasteiger partial charge in [-0.25, -0.2) is 0 Å². The molecule has 0 radical (unpaired) electrons. The monoisotopic (exact) mass is 240 g/mol. The van der Waals surface area contributed by atoms with E-state index in [1.807, 2.05) is 7.05 Å². The molecule has 0 saturated heterocycles. The first-order valence-electron chi connectivity index (χ1n) is 6.20. The largest absolute Gasteiger partial charge is 0.388 e. The van der Waals surface area contributed by atoms with Crippen LogP contribution in [-0.4, -0.2) is 14.1 Å². The lowest BCUT2D eigenvalue weighted by Gasteiger charge is -2.22. The molecule has 18 heavy (non-hydrogen) atoms. The van der Waals surface area contributed by atoms with Crippen molar-refractivity contribution in [3.63, 3.8) is 0 Å². The molecule has 1 N–H and O–H groups in total. The Hall–Kier alpha value is -1.96. The van der Waals surface area contributed by atoms with Crippen molar-refractivity contribution in [1.82, 2.24) is 0 Å². The number of nitrogens with zero attached hydrogens (tertiary/aromatic N) is 1. The Morgan fingerprint density at radius 2 is 1.61 bits per heavy atom. The van der Waals surface area contributed by atoms with Crippen LogP contribution < -0.4 is 10.2 Å². The number of hydrogen-bond donors (Lipinski definition) is 1. The van der Waals surface area contributed by atoms with Crippen molar-refractivity contribution in [3.8, 4) is 0 Å². The molecule has 2 heteroatoms. The second-order valence-electron chi connectivity index (χ2n) is 4.65. The minimum absolute atomic E-state index is 1.13. The second kappa shape index (κ2) is 5.13. The molecule has 2 nitrogen and oxygen atoms in total. The van der Waals surface area contributed by atoms with Crippen molar-refractivity contribution < 1.29 is 0 Å². The lowest BCUT2D eigenvalue weighted by molar-refractivity contribution is 1.18. The van der Waals surface area contributed by atoms with Crippen LogP contribution in [0.25, 0.3) is 0 Å². The van der Waals surface area contributed by atoms with Crippen molar-refractivity contribution in [3.05, 3.63) is 53.6 Å². The Bertz CT molecular complexity index is 529. The first-order valence-corrected chi connectivity index (χ1v) is 6.20. The Balaban J connectivity index is 2.31. The predicted molar refractivity (Wildman–Crippen MR) is 80.0 cm³/mol. The van der Waals surface area contributed by atoms with Crippen molar-refractivity contribution in [1.29, 1.82) is 0 Å². The summed E-state index contributed by atoms with van der Waals surface area (Å²) in [5.41, 5.74) is 6.18. The van der Waals surface area contributed by atoms with E-state index in [4.69, 9.17) is 0 Å². The minimum atomic E-state index is 1.13. The molecule has 0 spiro atoms. The van der Waals surface area contributed by atoms with Gasteiger partial charge in [0.05, 0.1) is 0 Å². The predicted octanol–water partition coefficient (Wildman–Crippen LogP) is 4.11. The van der Waals surface area contributed by atoms with Crippen LogP contribution in [0.3, 0.4) is 0 Å². The first kappa shape index (κ1) is 12.5. The Kier molecular flexibility index (Phi) is 3.56. The highest BCUT2D eigenvalue weighted by molar-refractivity contribution is 5.67. The van der Waals surface area contributed by atoms with E-state index < -0.39 is 0 Å². The van der Waals surface area contributed by atoms with Gasteiger partial charge in [0, 0.05) is 31.2 Å². The first-order chi connectivity index (χ1) is 8.61. The summed E-state index contributed by atoms with van der Waals surface area (Å²) in [5, 5.41) is 3.13. The maximum Gasteiger partial charge on any atom is 0.0437 e. The molecule has 0 heterocycles. The van der Waals surface area contributed by atoms with E-state index in [9.17, 15) is 0 Å². The van der Waals surface area contributed by atoms with Crippen LogP contribution in [0.1, 0.15) is 11.1 Å². The van der Waals surface area contributed by atoms with Gasteiger partial charge in [0.25, 0.3) is 0 Å². The molecule has 0 aromatic heterocycles. The molecular formula is C16H20N2. The van der Waals surface area contributed by atoms with Crippen molar-refractivity contribution in [2.45, 2.75) is 13.8 Å². The third-order valence-electron chi connectivity index (χ3n) is 3.26. The van der Waals surface area contributed by atoms with Crippen molar-refractivity contribution in [2.24, 2.45) is 0 Å². The van der Waals surface area contributed by atoms with Crippen LogP contribution in [0.15, 0.2) is 42.5 Å². The molecule has 0 unspecified atom stereocenters. The molecule has 2 aromatic rings. The molecule has 0 saturated carbocycles. The van der Waals surface area contributed by atoms with E-state index >= 15 is 0 Å². The molecule has 0 aliphatic rings. The van der Waals surface area contributed by atoms with Gasteiger partial charge >= 0.3 is 0 Å². The molecular weight excluding hydrogens is 220 g/mol. The third kappa shape index (κ3) is 2.48. The Labute approximate surface area is 109 Å². The zero-order chi connectivity index (χ0) is 13.1. The summed E-state index contributed by atoms with van der Waals surface area (Å²) < 4.78 is 0. The number of aryl methyl sites for hydroxylation is 2. The quantitative estimate of drug-likeness (QED) is 0.868. The van der Waals surface area contributed by atoms with Crippen LogP contribution in [-0.2, 0) is 0 Å². The van der Waals surface area contributed by atoms with Crippen molar-refractivity contribution >= 4 is 17.1 Å². The van der Waals surface area contributed by atoms with Crippen LogP contribution in [0, 0.1) is 13.8 Å². The highest BCUT2D eigenvalue weighted by Crippen LogP contribution is 2.28. The fraction of sp³-hybridized carbons (Fsp3) is 0.250. The molecule has 2 rings (SSSR count). The molecule has 0 atom stereocenters. The van der Waals surface area contributed by atoms with Gasteiger partial charge in [0.15, 0.2) is 0 Å². The van der Waals surface area contributed by atoms with Crippen molar-refractivity contribution in [2.75, 3.05) is 24.3 Å². The second-order valence-corrected chi connectivity index (χ2v) is 4.65. The SMILES string of the molecule is CNc1ccc(N(C)c2ccc(C)cc2C)cc1. The van der Waals surface area contributed by atoms with Gasteiger partial charge in [0.1, 0.15) is 0 Å². The minimum Gasteiger partial charge on any atom is -0.388 e. The summed E-state index contributed by atoms with van der Waals surface area (Å²) in [7, 11) is 4.04. The number of nitrogens with one attached hydrogen (secondary N) is 1. The maximum absolute atomic E-state index is 3.13. The highest BCUT2D eigenvalue weighted by Gasteiger charge is 2.06. The summed E-state index contributed by atoms with van der Waals surface area (Å²) in [5.74, 6) is 0. The molecule has 94 valence electrons. The molecule has 0 fully saturated rings. The lowest BCUT2D eigenvalue weighted by atomic mass is 10.1. The smallest absolute Gasteiger partial charge is 0.0437 e. The molecule has 0 aliphatic heterocycles. The fourth-order valence-electron chi connectivity index (χ4n) is 2.17. The van der Waals surface area contributed by atoms with Crippen LogP contribution >= 0.6 is 0 Å². The number of hydrogen-bond acceptors (Lipinski definition) is 2. The van der Waals surface area contributed by atoms with E-state index in [2.05, 4.69) is 73.6 Å². The van der Waals surface area contributed by atoms with E-state index in [0.29, 0.717) is 0 Å². The summed E-state index contributed by atoms with van der Waals surface area (Å²) in [4.78, 5) is 2.22. The zero-order valence-electron chi connectivity index (χ0n) is 11.5. The van der Waals surface area contributed by atoms with Gasteiger partial charge in [-0.05, 0) is 49.7 Å². The van der Waals surface area contributed by atoms with Gasteiger partial charge in [-0.3, -0.25) is 0 Å². The average molecular weight is 240 g/mol. The topological polar surface area (TPSA) is 15.3 Å². The Morgan fingerprint density at radius 3 is 2.17 bits per heavy atom. The van der Waals surface area contributed by atoms with E-state index in [0.717, 1.165) is 5.69 Å². The lowest BCUT2D eigenvalue weighted by Crippen LogP contribution is -2.10. The molecule has 0 bridgehead atoms. The molecule has 2 aromatic carbocycles. The summed E-state index contributed by atoms with van der Waals surface area (Å²) >= 11 is 0. The van der Waals surface area contributed by atoms with Gasteiger partial charge < -0.3 is 10.2 Å². The average Bonchev–Trinajstić information content (AvgIpc) is 2.38. The zero-order valence-corrected chi connectivity index (χ0v) is 11.5. The van der Waals surface area contributed by atoms with Gasteiger partial charge in [-0.2, -0.15) is 0 Å². The van der Waals surface area contributed by atoms with Gasteiger partial charge in [-0.15, -0.1) is 0 Å². The van der Waals surface area contributed by atoms with Gasteiger partial charge in [0.2, 0.25) is 0 Å². The Morgan fingerprint density at radius 1 is 0.944 bits per heavy atom. The highest BCUT2D eigenvalue weighted by atomic mass is 15.1. The molecule has 0 amide bonds. The third-order valence-corrected chi connectivity index (χ3v) is 3.26. The van der Waals surface area contributed by atoms with Crippen LogP contribution in [0.2, 0.25) is 0 Å². The maximum atomic E-state index is 3.13. The van der Waals surface area contributed by atoms with E-state index in [1.165, 1.54) is 22.5 Å². The standard InChI is InChI=1S/C16H20N2/c1-12-5-10-16(13(2)11-12)18(4)15-8-6-14(17-3)7-9-15/h5-11,17H,1-4H3. The number of benzene rings is 2. The van der Waals surface area contributed by atoms with Crippen LogP contribution in [0.5, 0.6) is 0 Å². The normalized spacial score (nSPS) is 10.2. The van der Waals surface area contributed by atoms with Gasteiger partial charge in [-0.1, -0.05) is 17.7 Å². The summed E-state index contributed by atoms with van der Waals surface area (Å²) in [6.07, 6.45) is 0. The number of rotatable bonds is 3. The molecule has 0 aliphatic carbocycles. The summed E-state index contributed by atoms with van der Waals surface area (Å²) in [6.45, 7) is 4.28. The van der Waals surface area contributed by atoms with E-state index in [-0.39, 0.29) is 0 Å². The van der Waals surface area contributed by atoms with E-state index in [1.54, 1.807) is 0 Å².